The Balaban J connectivity index is 1.17. The zero-order valence-electron chi connectivity index (χ0n) is 20.3. The van der Waals surface area contributed by atoms with Gasteiger partial charge < -0.3 is 20.1 Å². The van der Waals surface area contributed by atoms with Crippen molar-refractivity contribution in [3.8, 4) is 5.75 Å². The number of aliphatic hydroxyl groups is 1. The van der Waals surface area contributed by atoms with Gasteiger partial charge in [-0.25, -0.2) is 0 Å². The van der Waals surface area contributed by atoms with E-state index < -0.39 is 12.0 Å². The number of rotatable bonds is 8. The van der Waals surface area contributed by atoms with Crippen LogP contribution in [0.15, 0.2) is 54.6 Å². The van der Waals surface area contributed by atoms with Crippen LogP contribution in [-0.4, -0.2) is 60.6 Å². The molecule has 2 fully saturated rings. The first kappa shape index (κ1) is 26.3. The standard InChI is InChI=1S/C27H34F3N3O3/c28-27(29,30)36-24-8-4-7-23(19-24)33-17-12-26(35,13-18-33)25(34)31-14-9-21-10-15-32(16-11-21)20-22-5-2-1-3-6-22/h1-8,19,21,35H,9-18,20H2,(H,31,34). The topological polar surface area (TPSA) is 65.0 Å². The Morgan fingerprint density at radius 3 is 2.39 bits per heavy atom. The quantitative estimate of drug-likeness (QED) is 0.559. The van der Waals surface area contributed by atoms with Crippen LogP contribution in [0.4, 0.5) is 18.9 Å². The molecule has 36 heavy (non-hydrogen) atoms. The zero-order valence-corrected chi connectivity index (χ0v) is 20.3. The Kier molecular flexibility index (Phi) is 8.41. The molecular formula is C27H34F3N3O3. The Hall–Kier alpha value is -2.78. The van der Waals surface area contributed by atoms with E-state index in [1.165, 1.54) is 23.8 Å². The minimum absolute atomic E-state index is 0.209. The fourth-order valence-electron chi connectivity index (χ4n) is 5.07. The van der Waals surface area contributed by atoms with Crippen molar-refractivity contribution in [3.63, 3.8) is 0 Å². The van der Waals surface area contributed by atoms with Gasteiger partial charge in [-0.15, -0.1) is 13.2 Å². The Labute approximate surface area is 210 Å². The number of amides is 1. The average molecular weight is 506 g/mol. The van der Waals surface area contributed by atoms with Crippen LogP contribution >= 0.6 is 0 Å². The molecule has 6 nitrogen and oxygen atoms in total. The molecule has 2 aliphatic heterocycles. The van der Waals surface area contributed by atoms with Gasteiger partial charge in [-0.1, -0.05) is 36.4 Å². The largest absolute Gasteiger partial charge is 0.573 e. The number of ether oxygens (including phenoxy) is 1. The predicted octanol–water partition coefficient (Wildman–Crippen LogP) is 4.34. The molecule has 2 heterocycles. The minimum Gasteiger partial charge on any atom is -0.406 e. The Morgan fingerprint density at radius 1 is 1.03 bits per heavy atom. The van der Waals surface area contributed by atoms with Crippen LogP contribution in [0.1, 0.15) is 37.7 Å². The fraction of sp³-hybridized carbons (Fsp3) is 0.519. The van der Waals surface area contributed by atoms with Crippen molar-refractivity contribution in [1.82, 2.24) is 10.2 Å². The predicted molar refractivity (Wildman–Crippen MR) is 132 cm³/mol. The van der Waals surface area contributed by atoms with Gasteiger partial charge in [0, 0.05) is 50.8 Å². The van der Waals surface area contributed by atoms with Crippen LogP contribution in [0.2, 0.25) is 0 Å². The molecule has 2 aromatic carbocycles. The van der Waals surface area contributed by atoms with Gasteiger partial charge in [-0.3, -0.25) is 9.69 Å². The van der Waals surface area contributed by atoms with Crippen LogP contribution in [0, 0.1) is 5.92 Å². The number of nitrogens with zero attached hydrogens (tertiary/aromatic N) is 2. The normalized spacial score (nSPS) is 19.2. The molecule has 9 heteroatoms. The van der Waals surface area contributed by atoms with E-state index in [4.69, 9.17) is 0 Å². The highest BCUT2D eigenvalue weighted by Crippen LogP contribution is 2.31. The number of anilines is 1. The average Bonchev–Trinajstić information content (AvgIpc) is 2.85. The van der Waals surface area contributed by atoms with Crippen molar-refractivity contribution in [3.05, 3.63) is 60.2 Å². The summed E-state index contributed by atoms with van der Waals surface area (Å²) in [6.07, 6.45) is -1.25. The molecule has 0 aromatic heterocycles. The second kappa shape index (κ2) is 11.5. The SMILES string of the molecule is O=C(NCCC1CCN(Cc2ccccc2)CC1)C1(O)CCN(c2cccc(OC(F)(F)F)c2)CC1. The first-order valence-corrected chi connectivity index (χ1v) is 12.6. The lowest BCUT2D eigenvalue weighted by Gasteiger charge is -2.38. The number of carbonyl (C=O) groups excluding carboxylic acids is 1. The summed E-state index contributed by atoms with van der Waals surface area (Å²) in [5.74, 6) is -0.0951. The van der Waals surface area contributed by atoms with E-state index in [9.17, 15) is 23.1 Å². The van der Waals surface area contributed by atoms with Crippen molar-refractivity contribution in [2.24, 2.45) is 5.92 Å². The number of alkyl halides is 3. The monoisotopic (exact) mass is 505 g/mol. The van der Waals surface area contributed by atoms with E-state index in [2.05, 4.69) is 39.2 Å². The molecule has 0 unspecified atom stereocenters. The summed E-state index contributed by atoms with van der Waals surface area (Å²) in [5, 5.41) is 13.8. The molecule has 0 bridgehead atoms. The number of carbonyl (C=O) groups is 1. The van der Waals surface area contributed by atoms with Crippen molar-refractivity contribution in [2.45, 2.75) is 50.6 Å². The number of hydrogen-bond acceptors (Lipinski definition) is 5. The maximum atomic E-state index is 12.7. The van der Waals surface area contributed by atoms with Gasteiger partial charge in [-0.2, -0.15) is 0 Å². The van der Waals surface area contributed by atoms with Crippen LogP contribution in [0.3, 0.4) is 0 Å². The molecule has 0 spiro atoms. The molecule has 0 radical (unpaired) electrons. The summed E-state index contributed by atoms with van der Waals surface area (Å²) in [6.45, 7) is 4.31. The second-order valence-corrected chi connectivity index (χ2v) is 9.81. The third-order valence-corrected chi connectivity index (χ3v) is 7.22. The number of halogens is 3. The molecule has 2 aromatic rings. The highest BCUT2D eigenvalue weighted by molar-refractivity contribution is 5.85. The summed E-state index contributed by atoms with van der Waals surface area (Å²) in [6, 6.07) is 16.2. The molecule has 0 aliphatic carbocycles. The summed E-state index contributed by atoms with van der Waals surface area (Å²) in [5.41, 5.74) is 0.429. The lowest BCUT2D eigenvalue weighted by atomic mass is 9.89. The smallest absolute Gasteiger partial charge is 0.406 e. The molecule has 2 N–H and O–H groups in total. The van der Waals surface area contributed by atoms with Crippen LogP contribution in [-0.2, 0) is 11.3 Å². The van der Waals surface area contributed by atoms with E-state index in [1.807, 2.05) is 11.0 Å². The lowest BCUT2D eigenvalue weighted by molar-refractivity contribution is -0.274. The molecular weight excluding hydrogens is 471 g/mol. The number of nitrogens with one attached hydrogen (secondary N) is 1. The van der Waals surface area contributed by atoms with Gasteiger partial charge in [0.25, 0.3) is 5.91 Å². The zero-order chi connectivity index (χ0) is 25.6. The van der Waals surface area contributed by atoms with Crippen LogP contribution in [0.5, 0.6) is 5.75 Å². The summed E-state index contributed by atoms with van der Waals surface area (Å²) in [7, 11) is 0. The molecule has 0 saturated carbocycles. The van der Waals surface area contributed by atoms with E-state index >= 15 is 0 Å². The Bertz CT molecular complexity index is 987. The highest BCUT2D eigenvalue weighted by Gasteiger charge is 2.39. The Morgan fingerprint density at radius 2 is 1.72 bits per heavy atom. The number of piperidine rings is 2. The van der Waals surface area contributed by atoms with Crippen LogP contribution in [0.25, 0.3) is 0 Å². The molecule has 4 rings (SSSR count). The van der Waals surface area contributed by atoms with Crippen LogP contribution < -0.4 is 15.0 Å². The lowest BCUT2D eigenvalue weighted by Crippen LogP contribution is -2.54. The van der Waals surface area contributed by atoms with Gasteiger partial charge in [-0.05, 0) is 56.0 Å². The number of hydrogen-bond donors (Lipinski definition) is 2. The van der Waals surface area contributed by atoms with Gasteiger partial charge in [0.15, 0.2) is 0 Å². The third-order valence-electron chi connectivity index (χ3n) is 7.22. The molecule has 0 atom stereocenters. The summed E-state index contributed by atoms with van der Waals surface area (Å²) >= 11 is 0. The van der Waals surface area contributed by atoms with Gasteiger partial charge in [0.1, 0.15) is 11.4 Å². The number of likely N-dealkylation sites (tertiary alicyclic amines) is 1. The summed E-state index contributed by atoms with van der Waals surface area (Å²) in [4.78, 5) is 17.1. The highest BCUT2D eigenvalue weighted by atomic mass is 19.4. The maximum Gasteiger partial charge on any atom is 0.573 e. The summed E-state index contributed by atoms with van der Waals surface area (Å²) < 4.78 is 41.5. The molecule has 2 saturated heterocycles. The maximum absolute atomic E-state index is 12.7. The van der Waals surface area contributed by atoms with E-state index in [0.717, 1.165) is 38.9 Å². The molecule has 2 aliphatic rings. The second-order valence-electron chi connectivity index (χ2n) is 9.81. The van der Waals surface area contributed by atoms with Gasteiger partial charge >= 0.3 is 6.36 Å². The van der Waals surface area contributed by atoms with Gasteiger partial charge in [0.05, 0.1) is 0 Å². The van der Waals surface area contributed by atoms with E-state index in [-0.39, 0.29) is 24.5 Å². The third kappa shape index (κ3) is 7.36. The first-order valence-electron chi connectivity index (χ1n) is 12.6. The van der Waals surface area contributed by atoms with Gasteiger partial charge in [0.2, 0.25) is 0 Å². The molecule has 196 valence electrons. The first-order chi connectivity index (χ1) is 17.2. The van der Waals surface area contributed by atoms with E-state index in [1.54, 1.807) is 6.07 Å². The van der Waals surface area contributed by atoms with Crippen molar-refractivity contribution < 1.29 is 27.8 Å². The molecule has 1 amide bonds. The number of benzene rings is 2. The minimum atomic E-state index is -4.75. The van der Waals surface area contributed by atoms with Crippen molar-refractivity contribution in [2.75, 3.05) is 37.6 Å². The van der Waals surface area contributed by atoms with Crippen molar-refractivity contribution >= 4 is 11.6 Å². The fourth-order valence-corrected chi connectivity index (χ4v) is 5.07. The van der Waals surface area contributed by atoms with E-state index in [0.29, 0.717) is 31.2 Å². The van der Waals surface area contributed by atoms with Crippen molar-refractivity contribution in [1.29, 1.82) is 0 Å².